The highest BCUT2D eigenvalue weighted by atomic mass is 16.1. The van der Waals surface area contributed by atoms with Crippen molar-refractivity contribution in [1.82, 2.24) is 19.6 Å². The van der Waals surface area contributed by atoms with Crippen molar-refractivity contribution >= 4 is 17.9 Å². The van der Waals surface area contributed by atoms with E-state index in [1.807, 2.05) is 0 Å². The normalized spacial score (nSPS) is 10.3. The highest BCUT2D eigenvalue weighted by Crippen LogP contribution is 2.07. The molecule has 2 aromatic heterocycles. The van der Waals surface area contributed by atoms with Crippen LogP contribution in [0.3, 0.4) is 0 Å². The molecule has 0 aliphatic carbocycles. The summed E-state index contributed by atoms with van der Waals surface area (Å²) in [5, 5.41) is 3.79. The molecular weight excluding hydrogens is 158 g/mol. The van der Waals surface area contributed by atoms with Gasteiger partial charge in [0, 0.05) is 6.20 Å². The Balaban J connectivity index is 2.86. The van der Waals surface area contributed by atoms with Crippen molar-refractivity contribution in [2.45, 2.75) is 0 Å². The largest absolute Gasteiger partial charge is 0.383 e. The first-order valence-electron chi connectivity index (χ1n) is 3.22. The lowest BCUT2D eigenvalue weighted by atomic mass is 10.3. The Morgan fingerprint density at radius 2 is 2.33 bits per heavy atom. The van der Waals surface area contributed by atoms with Crippen molar-refractivity contribution in [3.63, 3.8) is 0 Å². The lowest BCUT2D eigenvalue weighted by Gasteiger charge is -1.98. The Bertz CT molecular complexity index is 434. The molecule has 6 heteroatoms. The molecule has 0 saturated heterocycles. The van der Waals surface area contributed by atoms with Crippen molar-refractivity contribution in [3.05, 3.63) is 18.1 Å². The third-order valence-electron chi connectivity index (χ3n) is 1.50. The number of nitrogens with two attached hydrogens (primary N) is 1. The summed E-state index contributed by atoms with van der Waals surface area (Å²) in [5.74, 6) is 0.644. The molecule has 0 aliphatic heterocycles. The van der Waals surface area contributed by atoms with Crippen molar-refractivity contribution in [3.8, 4) is 0 Å². The molecule has 6 nitrogen and oxygen atoms in total. The monoisotopic (exact) mass is 163 g/mol. The number of carbonyl (C=O) groups is 1. The van der Waals surface area contributed by atoms with Crippen LogP contribution in [0.5, 0.6) is 0 Å². The van der Waals surface area contributed by atoms with Crippen molar-refractivity contribution in [2.75, 3.05) is 5.73 Å². The van der Waals surface area contributed by atoms with E-state index < -0.39 is 0 Å². The number of hydrogen-bond acceptors (Lipinski definition) is 5. The molecule has 0 radical (unpaired) electrons. The Kier molecular flexibility index (Phi) is 1.26. The van der Waals surface area contributed by atoms with Gasteiger partial charge in [0.05, 0.1) is 5.56 Å². The van der Waals surface area contributed by atoms with Gasteiger partial charge in [-0.1, -0.05) is 0 Å². The molecule has 2 heterocycles. The number of fused-ring (bicyclic) bond motifs is 1. The van der Waals surface area contributed by atoms with E-state index in [1.54, 1.807) is 0 Å². The fourth-order valence-electron chi connectivity index (χ4n) is 0.900. The summed E-state index contributed by atoms with van der Waals surface area (Å²) in [7, 11) is 0. The van der Waals surface area contributed by atoms with Crippen LogP contribution < -0.4 is 5.73 Å². The van der Waals surface area contributed by atoms with Crippen molar-refractivity contribution < 1.29 is 4.79 Å². The number of aldehydes is 1. The van der Waals surface area contributed by atoms with Crippen LogP contribution >= 0.6 is 0 Å². The van der Waals surface area contributed by atoms with Gasteiger partial charge >= 0.3 is 0 Å². The Labute approximate surface area is 67.0 Å². The van der Waals surface area contributed by atoms with E-state index in [-0.39, 0.29) is 5.82 Å². The SMILES string of the molecule is Nc1c(C=O)cnc2ncnn12. The molecule has 0 aromatic carbocycles. The number of aromatic nitrogens is 4. The molecule has 2 aromatic rings. The molecule has 0 fully saturated rings. The minimum atomic E-state index is 0.257. The molecule has 2 N–H and O–H groups in total. The summed E-state index contributed by atoms with van der Waals surface area (Å²) in [6.45, 7) is 0. The van der Waals surface area contributed by atoms with Gasteiger partial charge in [-0.05, 0) is 0 Å². The van der Waals surface area contributed by atoms with Gasteiger partial charge in [-0.15, -0.1) is 0 Å². The lowest BCUT2D eigenvalue weighted by molar-refractivity contribution is 0.112. The summed E-state index contributed by atoms with van der Waals surface area (Å²) < 4.78 is 1.31. The second-order valence-electron chi connectivity index (χ2n) is 2.19. The highest BCUT2D eigenvalue weighted by molar-refractivity contribution is 5.81. The van der Waals surface area contributed by atoms with Gasteiger partial charge in [-0.2, -0.15) is 14.6 Å². The van der Waals surface area contributed by atoms with E-state index in [4.69, 9.17) is 5.73 Å². The molecule has 0 aliphatic rings. The van der Waals surface area contributed by atoms with Crippen molar-refractivity contribution in [1.29, 1.82) is 0 Å². The predicted octanol–water partition coefficient (Wildman–Crippen LogP) is -0.481. The zero-order chi connectivity index (χ0) is 8.55. The van der Waals surface area contributed by atoms with E-state index in [0.717, 1.165) is 0 Å². The maximum absolute atomic E-state index is 10.4. The summed E-state index contributed by atoms with van der Waals surface area (Å²) in [5.41, 5.74) is 5.88. The van der Waals surface area contributed by atoms with Gasteiger partial charge < -0.3 is 5.73 Å². The van der Waals surface area contributed by atoms with Gasteiger partial charge in [0.2, 0.25) is 0 Å². The number of nitrogens with zero attached hydrogens (tertiary/aromatic N) is 4. The predicted molar refractivity (Wildman–Crippen MR) is 40.6 cm³/mol. The maximum atomic E-state index is 10.4. The average Bonchev–Trinajstić information content (AvgIpc) is 2.53. The molecule has 0 unspecified atom stereocenters. The molecule has 0 saturated carbocycles. The molecule has 0 atom stereocenters. The van der Waals surface area contributed by atoms with Gasteiger partial charge in [-0.25, -0.2) is 4.98 Å². The second-order valence-corrected chi connectivity index (χ2v) is 2.19. The van der Waals surface area contributed by atoms with E-state index in [0.29, 0.717) is 17.6 Å². The third kappa shape index (κ3) is 0.746. The Morgan fingerprint density at radius 3 is 3.08 bits per heavy atom. The summed E-state index contributed by atoms with van der Waals surface area (Å²) >= 11 is 0. The van der Waals surface area contributed by atoms with Gasteiger partial charge in [0.25, 0.3) is 5.78 Å². The summed E-state index contributed by atoms with van der Waals surface area (Å²) in [4.78, 5) is 18.1. The van der Waals surface area contributed by atoms with E-state index in [9.17, 15) is 4.79 Å². The van der Waals surface area contributed by atoms with Gasteiger partial charge in [-0.3, -0.25) is 4.79 Å². The molecule has 0 bridgehead atoms. The van der Waals surface area contributed by atoms with E-state index in [2.05, 4.69) is 15.1 Å². The quantitative estimate of drug-likeness (QED) is 0.573. The van der Waals surface area contributed by atoms with E-state index in [1.165, 1.54) is 17.0 Å². The molecule has 0 spiro atoms. The van der Waals surface area contributed by atoms with Crippen LogP contribution in [-0.4, -0.2) is 25.9 Å². The maximum Gasteiger partial charge on any atom is 0.254 e. The van der Waals surface area contributed by atoms with Crippen LogP contribution in [0.2, 0.25) is 0 Å². The fourth-order valence-corrected chi connectivity index (χ4v) is 0.900. The number of carbonyl (C=O) groups excluding carboxylic acids is 1. The standard InChI is InChI=1S/C6H5N5O/c7-5-4(2-12)1-8-6-9-3-10-11(5)6/h1-3H,7H2. The highest BCUT2D eigenvalue weighted by Gasteiger charge is 2.04. The Morgan fingerprint density at radius 1 is 1.50 bits per heavy atom. The van der Waals surface area contributed by atoms with Crippen LogP contribution in [0.15, 0.2) is 12.5 Å². The topological polar surface area (TPSA) is 86.2 Å². The summed E-state index contributed by atoms with van der Waals surface area (Å²) in [6, 6.07) is 0. The Hall–Kier alpha value is -1.98. The van der Waals surface area contributed by atoms with Crippen molar-refractivity contribution in [2.24, 2.45) is 0 Å². The summed E-state index contributed by atoms with van der Waals surface area (Å²) in [6.07, 6.45) is 3.32. The zero-order valence-corrected chi connectivity index (χ0v) is 6.01. The van der Waals surface area contributed by atoms with Gasteiger partial charge in [0.15, 0.2) is 6.29 Å². The minimum Gasteiger partial charge on any atom is -0.383 e. The molecular formula is C6H5N5O. The van der Waals surface area contributed by atoms with E-state index >= 15 is 0 Å². The number of anilines is 1. The molecule has 2 rings (SSSR count). The van der Waals surface area contributed by atoms with Crippen LogP contribution in [0.25, 0.3) is 5.78 Å². The first-order valence-corrected chi connectivity index (χ1v) is 3.22. The molecule has 0 amide bonds. The first-order chi connectivity index (χ1) is 5.83. The second kappa shape index (κ2) is 2.26. The third-order valence-corrected chi connectivity index (χ3v) is 1.50. The number of rotatable bonds is 1. The lowest BCUT2D eigenvalue weighted by Crippen LogP contribution is -2.04. The number of hydrogen-bond donors (Lipinski definition) is 1. The first kappa shape index (κ1) is 6.71. The van der Waals surface area contributed by atoms with Crippen LogP contribution in [0, 0.1) is 0 Å². The van der Waals surface area contributed by atoms with Gasteiger partial charge in [0.1, 0.15) is 12.1 Å². The fraction of sp³-hybridized carbons (Fsp3) is 0. The molecule has 60 valence electrons. The molecule has 12 heavy (non-hydrogen) atoms. The minimum absolute atomic E-state index is 0.257. The van der Waals surface area contributed by atoms with Crippen LogP contribution in [0.1, 0.15) is 10.4 Å². The average molecular weight is 163 g/mol. The smallest absolute Gasteiger partial charge is 0.254 e. The van der Waals surface area contributed by atoms with Crippen LogP contribution in [0.4, 0.5) is 5.82 Å². The zero-order valence-electron chi connectivity index (χ0n) is 6.01. The number of nitrogen functional groups attached to an aromatic ring is 1. The van der Waals surface area contributed by atoms with Crippen LogP contribution in [-0.2, 0) is 0 Å².